The normalized spacial score (nSPS) is 15.1. The van der Waals surface area contributed by atoms with Crippen LogP contribution in [0.4, 0.5) is 14.5 Å². The van der Waals surface area contributed by atoms with Crippen LogP contribution in [0.1, 0.15) is 48.1 Å². The fourth-order valence-corrected chi connectivity index (χ4v) is 4.28. The van der Waals surface area contributed by atoms with E-state index in [0.29, 0.717) is 22.9 Å². The van der Waals surface area contributed by atoms with E-state index in [1.165, 1.54) is 20.1 Å². The molecule has 0 atom stereocenters. The predicted octanol–water partition coefficient (Wildman–Crippen LogP) is 4.49. The van der Waals surface area contributed by atoms with Crippen molar-refractivity contribution in [3.05, 3.63) is 89.0 Å². The van der Waals surface area contributed by atoms with Crippen LogP contribution >= 0.6 is 0 Å². The van der Waals surface area contributed by atoms with Gasteiger partial charge < -0.3 is 10.2 Å². The van der Waals surface area contributed by atoms with Gasteiger partial charge in [-0.25, -0.2) is 8.78 Å². The van der Waals surface area contributed by atoms with Gasteiger partial charge in [-0.15, -0.1) is 0 Å². The smallest absolute Gasteiger partial charge is 0.221 e. The number of likely N-dealkylation sites (tertiary alicyclic amines) is 1. The van der Waals surface area contributed by atoms with Crippen molar-refractivity contribution in [1.29, 1.82) is 0 Å². The van der Waals surface area contributed by atoms with E-state index in [1.54, 1.807) is 18.5 Å². The molecule has 1 aliphatic rings. The van der Waals surface area contributed by atoms with Crippen LogP contribution in [0.5, 0.6) is 0 Å². The molecular weight excluding hydrogens is 452 g/mol. The third kappa shape index (κ3) is 6.24. The molecular formula is C26H27F2N5O2. The highest BCUT2D eigenvalue weighted by molar-refractivity contribution is 6.11. The minimum absolute atomic E-state index is 0.108. The monoisotopic (exact) mass is 479 g/mol. The second-order valence-corrected chi connectivity index (χ2v) is 8.54. The van der Waals surface area contributed by atoms with Crippen molar-refractivity contribution in [3.8, 4) is 0 Å². The SMILES string of the molecule is CO/N=C(\c1ccc(F)c(F)c1)c1ccc(CN2CCC(c3cncc(NC(C)=O)c3)CC2)cn1. The van der Waals surface area contributed by atoms with Crippen molar-refractivity contribution in [1.82, 2.24) is 14.9 Å². The summed E-state index contributed by atoms with van der Waals surface area (Å²) in [5.74, 6) is -1.58. The van der Waals surface area contributed by atoms with Gasteiger partial charge in [0.15, 0.2) is 11.6 Å². The van der Waals surface area contributed by atoms with Crippen molar-refractivity contribution < 1.29 is 18.4 Å². The molecule has 35 heavy (non-hydrogen) atoms. The highest BCUT2D eigenvalue weighted by Gasteiger charge is 2.21. The van der Waals surface area contributed by atoms with Crippen LogP contribution in [0, 0.1) is 11.6 Å². The molecule has 0 bridgehead atoms. The number of anilines is 1. The zero-order chi connectivity index (χ0) is 24.8. The molecule has 3 heterocycles. The van der Waals surface area contributed by atoms with Crippen LogP contribution in [0.15, 0.2) is 60.1 Å². The molecule has 0 unspecified atom stereocenters. The first-order chi connectivity index (χ1) is 16.9. The topological polar surface area (TPSA) is 79.7 Å². The fraction of sp³-hybridized carbons (Fsp3) is 0.308. The average Bonchev–Trinajstić information content (AvgIpc) is 2.85. The maximum Gasteiger partial charge on any atom is 0.221 e. The standard InChI is InChI=1S/C26H27F2N5O2/c1-17(34)31-22-11-21(14-29-15-22)19-7-9-33(10-8-19)16-18-3-6-25(30-13-18)26(32-35-2)20-4-5-23(27)24(28)12-20/h3-6,11-15,19H,7-10,16H2,1-2H3,(H,31,34)/b32-26+. The second-order valence-electron chi connectivity index (χ2n) is 8.54. The maximum absolute atomic E-state index is 13.7. The lowest BCUT2D eigenvalue weighted by atomic mass is 9.90. The number of rotatable bonds is 7. The average molecular weight is 480 g/mol. The summed E-state index contributed by atoms with van der Waals surface area (Å²) < 4.78 is 27.0. The Morgan fingerprint density at radius 1 is 1.11 bits per heavy atom. The second kappa shape index (κ2) is 11.1. The molecule has 0 aliphatic carbocycles. The van der Waals surface area contributed by atoms with E-state index in [0.717, 1.165) is 61.4 Å². The van der Waals surface area contributed by atoms with Gasteiger partial charge in [-0.05, 0) is 73.3 Å². The zero-order valence-electron chi connectivity index (χ0n) is 19.7. The highest BCUT2D eigenvalue weighted by atomic mass is 19.2. The van der Waals surface area contributed by atoms with Crippen molar-refractivity contribution in [2.75, 3.05) is 25.5 Å². The third-order valence-electron chi connectivity index (χ3n) is 5.99. The van der Waals surface area contributed by atoms with Crippen LogP contribution in [0.3, 0.4) is 0 Å². The summed E-state index contributed by atoms with van der Waals surface area (Å²) >= 11 is 0. The number of oxime groups is 1. The fourth-order valence-electron chi connectivity index (χ4n) is 4.28. The predicted molar refractivity (Wildman–Crippen MR) is 129 cm³/mol. The molecule has 1 aromatic carbocycles. The summed E-state index contributed by atoms with van der Waals surface area (Å²) in [5.41, 5.74) is 4.13. The molecule has 1 saturated heterocycles. The van der Waals surface area contributed by atoms with E-state index in [1.807, 2.05) is 18.3 Å². The molecule has 4 rings (SSSR count). The molecule has 0 spiro atoms. The number of piperidine rings is 1. The third-order valence-corrected chi connectivity index (χ3v) is 5.99. The van der Waals surface area contributed by atoms with Crippen molar-refractivity contribution >= 4 is 17.3 Å². The first kappa shape index (κ1) is 24.4. The van der Waals surface area contributed by atoms with E-state index in [4.69, 9.17) is 4.84 Å². The lowest BCUT2D eigenvalue weighted by molar-refractivity contribution is -0.114. The number of aromatic nitrogens is 2. The number of carbonyl (C=O) groups excluding carboxylic acids is 1. The number of hydrogen-bond donors (Lipinski definition) is 1. The Balaban J connectivity index is 1.37. The van der Waals surface area contributed by atoms with Crippen molar-refractivity contribution in [3.63, 3.8) is 0 Å². The van der Waals surface area contributed by atoms with E-state index in [2.05, 4.69) is 25.3 Å². The maximum atomic E-state index is 13.7. The van der Waals surface area contributed by atoms with Crippen molar-refractivity contribution in [2.24, 2.45) is 5.16 Å². The molecule has 1 fully saturated rings. The molecule has 3 aromatic rings. The van der Waals surface area contributed by atoms with Gasteiger partial charge >= 0.3 is 0 Å². The number of amides is 1. The molecule has 2 aromatic heterocycles. The van der Waals surface area contributed by atoms with Gasteiger partial charge in [0, 0.05) is 31.4 Å². The Bertz CT molecular complexity index is 1210. The molecule has 0 radical (unpaired) electrons. The molecule has 182 valence electrons. The van der Waals surface area contributed by atoms with E-state index in [9.17, 15) is 13.6 Å². The lowest BCUT2D eigenvalue weighted by Crippen LogP contribution is -2.32. The summed E-state index contributed by atoms with van der Waals surface area (Å²) in [7, 11) is 1.39. The zero-order valence-corrected chi connectivity index (χ0v) is 19.7. The quantitative estimate of drug-likeness (QED) is 0.399. The van der Waals surface area contributed by atoms with E-state index in [-0.39, 0.29) is 5.91 Å². The Morgan fingerprint density at radius 3 is 2.57 bits per heavy atom. The lowest BCUT2D eigenvalue weighted by Gasteiger charge is -2.32. The van der Waals surface area contributed by atoms with Gasteiger partial charge in [0.05, 0.1) is 17.6 Å². The molecule has 1 N–H and O–H groups in total. The number of benzene rings is 1. The number of hydrogen-bond acceptors (Lipinski definition) is 6. The van der Waals surface area contributed by atoms with Gasteiger partial charge in [-0.1, -0.05) is 11.2 Å². The number of nitrogens with zero attached hydrogens (tertiary/aromatic N) is 4. The van der Waals surface area contributed by atoms with Gasteiger partial charge in [0.2, 0.25) is 5.91 Å². The van der Waals surface area contributed by atoms with Gasteiger partial charge in [-0.3, -0.25) is 19.7 Å². The Labute approximate surface area is 202 Å². The number of carbonyl (C=O) groups is 1. The van der Waals surface area contributed by atoms with Crippen LogP contribution in [-0.2, 0) is 16.2 Å². The summed E-state index contributed by atoms with van der Waals surface area (Å²) in [6.07, 6.45) is 7.30. The van der Waals surface area contributed by atoms with E-state index >= 15 is 0 Å². The molecule has 7 nitrogen and oxygen atoms in total. The number of halogens is 2. The Hall–Kier alpha value is -3.72. The number of nitrogens with one attached hydrogen (secondary N) is 1. The Kier molecular flexibility index (Phi) is 7.77. The Morgan fingerprint density at radius 2 is 1.91 bits per heavy atom. The molecule has 0 saturated carbocycles. The summed E-state index contributed by atoms with van der Waals surface area (Å²) in [5, 5.41) is 6.76. The molecule has 9 heteroatoms. The van der Waals surface area contributed by atoms with Crippen molar-refractivity contribution in [2.45, 2.75) is 32.2 Å². The highest BCUT2D eigenvalue weighted by Crippen LogP contribution is 2.29. The van der Waals surface area contributed by atoms with Gasteiger partial charge in [0.25, 0.3) is 0 Å². The van der Waals surface area contributed by atoms with Crippen LogP contribution in [0.2, 0.25) is 0 Å². The van der Waals surface area contributed by atoms with E-state index < -0.39 is 11.6 Å². The minimum Gasteiger partial charge on any atom is -0.399 e. The van der Waals surface area contributed by atoms with Gasteiger partial charge in [-0.2, -0.15) is 0 Å². The largest absolute Gasteiger partial charge is 0.399 e. The van der Waals surface area contributed by atoms with Crippen LogP contribution in [0.25, 0.3) is 0 Å². The molecule has 1 amide bonds. The van der Waals surface area contributed by atoms with Crippen LogP contribution in [-0.4, -0.2) is 46.7 Å². The first-order valence-electron chi connectivity index (χ1n) is 11.4. The minimum atomic E-state index is -0.955. The molecule has 1 aliphatic heterocycles. The first-order valence-corrected chi connectivity index (χ1v) is 11.4. The van der Waals surface area contributed by atoms with Crippen LogP contribution < -0.4 is 5.32 Å². The summed E-state index contributed by atoms with van der Waals surface area (Å²) in [4.78, 5) is 27.4. The summed E-state index contributed by atoms with van der Waals surface area (Å²) in [6.45, 7) is 4.11. The van der Waals surface area contributed by atoms with Gasteiger partial charge in [0.1, 0.15) is 12.8 Å². The summed E-state index contributed by atoms with van der Waals surface area (Å²) in [6, 6.07) is 9.34. The number of pyridine rings is 2.